The van der Waals surface area contributed by atoms with E-state index in [0.29, 0.717) is 13.1 Å². The van der Waals surface area contributed by atoms with E-state index in [0.717, 1.165) is 10.6 Å². The average Bonchev–Trinajstić information content (AvgIpc) is 2.52. The lowest BCUT2D eigenvalue weighted by Crippen LogP contribution is -2.75. The number of ether oxygens (including phenoxy) is 1. The third kappa shape index (κ3) is 2.35. The zero-order chi connectivity index (χ0) is 15.6. The van der Waals surface area contributed by atoms with Crippen molar-refractivity contribution in [3.8, 4) is 0 Å². The first-order valence-corrected chi connectivity index (χ1v) is 7.37. The molecule has 3 atom stereocenters. The maximum absolute atomic E-state index is 12.8. The normalized spacial score (nSPS) is 29.0. The van der Waals surface area contributed by atoms with Gasteiger partial charge in [0.05, 0.1) is 5.92 Å². The fourth-order valence-corrected chi connectivity index (χ4v) is 3.19. The number of hydrogen-bond acceptors (Lipinski definition) is 4. The highest BCUT2D eigenvalue weighted by molar-refractivity contribution is 5.88. The molecule has 5 nitrogen and oxygen atoms in total. The van der Waals surface area contributed by atoms with Crippen LogP contribution in [0.4, 0.5) is 0 Å². The molecule has 1 heterocycles. The van der Waals surface area contributed by atoms with Crippen molar-refractivity contribution in [2.45, 2.75) is 38.5 Å². The zero-order valence-electron chi connectivity index (χ0n) is 13.1. The lowest BCUT2D eigenvalue weighted by Gasteiger charge is -2.57. The van der Waals surface area contributed by atoms with Crippen LogP contribution in [0.2, 0.25) is 0 Å². The van der Waals surface area contributed by atoms with Crippen molar-refractivity contribution >= 4 is 5.91 Å². The van der Waals surface area contributed by atoms with Crippen LogP contribution in [-0.4, -0.2) is 53.0 Å². The molecule has 0 spiro atoms. The molecular weight excluding hydrogens is 268 g/mol. The Kier molecular flexibility index (Phi) is 4.66. The maximum atomic E-state index is 12.8. The Morgan fingerprint density at radius 3 is 2.38 bits per heavy atom. The molecule has 1 aliphatic rings. The van der Waals surface area contributed by atoms with Crippen molar-refractivity contribution in [2.75, 3.05) is 20.2 Å². The largest absolute Gasteiger partial charge is 0.363 e. The summed E-state index contributed by atoms with van der Waals surface area (Å²) in [5.41, 5.74) is 0.00582. The summed E-state index contributed by atoms with van der Waals surface area (Å²) in [6.45, 7) is 6.91. The van der Waals surface area contributed by atoms with Crippen LogP contribution >= 0.6 is 0 Å². The number of hydrogen-bond donors (Lipinski definition) is 1. The molecule has 1 aliphatic heterocycles. The fraction of sp³-hybridized carbons (Fsp3) is 0.562. The number of hydroxylamine groups is 2. The summed E-state index contributed by atoms with van der Waals surface area (Å²) in [7, 11) is 1.55. The van der Waals surface area contributed by atoms with Gasteiger partial charge in [-0.1, -0.05) is 30.3 Å². The highest BCUT2D eigenvalue weighted by Gasteiger charge is 2.63. The Labute approximate surface area is 126 Å². The van der Waals surface area contributed by atoms with Gasteiger partial charge in [0.1, 0.15) is 11.8 Å². The molecule has 1 N–H and O–H groups in total. The predicted molar refractivity (Wildman–Crippen MR) is 79.9 cm³/mol. The number of amides is 1. The molecule has 0 bridgehead atoms. The molecule has 0 radical (unpaired) electrons. The number of carbonyl (C=O) groups is 1. The van der Waals surface area contributed by atoms with Gasteiger partial charge in [0.15, 0.2) is 0 Å². The molecule has 5 heteroatoms. The minimum Gasteiger partial charge on any atom is -0.363 e. The predicted octanol–water partition coefficient (Wildman–Crippen LogP) is 2.07. The fourth-order valence-electron chi connectivity index (χ4n) is 3.19. The van der Waals surface area contributed by atoms with Crippen molar-refractivity contribution in [1.82, 2.24) is 9.96 Å². The molecule has 0 aliphatic carbocycles. The lowest BCUT2D eigenvalue weighted by molar-refractivity contribution is -0.338. The molecule has 1 fully saturated rings. The molecule has 21 heavy (non-hydrogen) atoms. The molecule has 1 amide bonds. The van der Waals surface area contributed by atoms with E-state index in [1.807, 2.05) is 44.2 Å². The molecule has 1 aromatic rings. The minimum absolute atomic E-state index is 0.0721. The molecule has 0 unspecified atom stereocenters. The summed E-state index contributed by atoms with van der Waals surface area (Å²) in [5.74, 6) is -0.265. The molecule has 0 saturated carbocycles. The summed E-state index contributed by atoms with van der Waals surface area (Å²) in [6.07, 6.45) is -0.503. The van der Waals surface area contributed by atoms with Crippen LogP contribution < -0.4 is 0 Å². The quantitative estimate of drug-likeness (QED) is 0.902. The van der Waals surface area contributed by atoms with E-state index >= 15 is 0 Å². The van der Waals surface area contributed by atoms with Gasteiger partial charge < -0.3 is 14.8 Å². The molecule has 0 aromatic heterocycles. The van der Waals surface area contributed by atoms with Crippen LogP contribution in [-0.2, 0) is 9.53 Å². The summed E-state index contributed by atoms with van der Waals surface area (Å²) in [4.78, 5) is 14.6. The van der Waals surface area contributed by atoms with Crippen LogP contribution in [0, 0.1) is 0 Å². The third-order valence-corrected chi connectivity index (χ3v) is 4.49. The number of benzene rings is 1. The Morgan fingerprint density at radius 1 is 1.33 bits per heavy atom. The number of nitrogens with zero attached hydrogens (tertiary/aromatic N) is 2. The summed E-state index contributed by atoms with van der Waals surface area (Å²) < 4.78 is 5.36. The van der Waals surface area contributed by atoms with E-state index in [1.54, 1.807) is 18.9 Å². The van der Waals surface area contributed by atoms with Crippen LogP contribution in [0.25, 0.3) is 0 Å². The summed E-state index contributed by atoms with van der Waals surface area (Å²) in [5, 5.41) is 11.4. The van der Waals surface area contributed by atoms with Gasteiger partial charge in [-0.3, -0.25) is 4.79 Å². The summed E-state index contributed by atoms with van der Waals surface area (Å²) in [6, 6.07) is 9.74. The Hall–Kier alpha value is -1.43. The van der Waals surface area contributed by atoms with Crippen LogP contribution in [0.1, 0.15) is 32.3 Å². The van der Waals surface area contributed by atoms with E-state index in [9.17, 15) is 10.0 Å². The van der Waals surface area contributed by atoms with Crippen molar-refractivity contribution in [1.29, 1.82) is 0 Å². The molecule has 1 saturated heterocycles. The van der Waals surface area contributed by atoms with Gasteiger partial charge in [-0.15, -0.1) is 5.06 Å². The second-order valence-electron chi connectivity index (χ2n) is 5.48. The lowest BCUT2D eigenvalue weighted by atomic mass is 9.70. The van der Waals surface area contributed by atoms with E-state index < -0.39 is 11.8 Å². The SMILES string of the molecule is CCN(CC)C(=O)[C@@]1(C)[C@@H](c2ccccc2)[C@H](OC)N1O. The first-order chi connectivity index (χ1) is 10.0. The number of likely N-dealkylation sites (N-methyl/N-ethyl adjacent to an activating group) is 1. The van der Waals surface area contributed by atoms with Crippen molar-refractivity contribution < 1.29 is 14.7 Å². The van der Waals surface area contributed by atoms with E-state index in [-0.39, 0.29) is 11.8 Å². The first kappa shape index (κ1) is 15.9. The molecule has 116 valence electrons. The molecule has 1 aromatic carbocycles. The zero-order valence-corrected chi connectivity index (χ0v) is 13.1. The molecular formula is C16H24N2O3. The second-order valence-corrected chi connectivity index (χ2v) is 5.48. The van der Waals surface area contributed by atoms with Crippen LogP contribution in [0.15, 0.2) is 30.3 Å². The number of methoxy groups -OCH3 is 1. The van der Waals surface area contributed by atoms with Crippen molar-refractivity contribution in [2.24, 2.45) is 0 Å². The van der Waals surface area contributed by atoms with E-state index in [4.69, 9.17) is 4.74 Å². The van der Waals surface area contributed by atoms with Crippen molar-refractivity contribution in [3.05, 3.63) is 35.9 Å². The van der Waals surface area contributed by atoms with Gasteiger partial charge in [0.2, 0.25) is 5.91 Å². The monoisotopic (exact) mass is 292 g/mol. The minimum atomic E-state index is -0.992. The van der Waals surface area contributed by atoms with E-state index in [2.05, 4.69) is 0 Å². The third-order valence-electron chi connectivity index (χ3n) is 4.49. The smallest absolute Gasteiger partial charge is 0.246 e. The number of carbonyl (C=O) groups excluding carboxylic acids is 1. The van der Waals surface area contributed by atoms with Gasteiger partial charge >= 0.3 is 0 Å². The topological polar surface area (TPSA) is 53.0 Å². The van der Waals surface area contributed by atoms with Gasteiger partial charge in [-0.05, 0) is 26.3 Å². The molecule has 2 rings (SSSR count). The standard InChI is InChI=1S/C16H24N2O3/c1-5-17(6-2)15(19)16(3)13(14(21-4)18(16)20)12-10-8-7-9-11-12/h7-11,13-14,20H,5-6H2,1-4H3/t13-,14-,16+/m0/s1. The number of rotatable bonds is 5. The van der Waals surface area contributed by atoms with E-state index in [1.165, 1.54) is 0 Å². The maximum Gasteiger partial charge on any atom is 0.246 e. The Balaban J connectivity index is 2.38. The average molecular weight is 292 g/mol. The van der Waals surface area contributed by atoms with Crippen LogP contribution in [0.3, 0.4) is 0 Å². The van der Waals surface area contributed by atoms with Crippen molar-refractivity contribution in [3.63, 3.8) is 0 Å². The summed E-state index contributed by atoms with van der Waals surface area (Å²) >= 11 is 0. The second kappa shape index (κ2) is 6.13. The van der Waals surface area contributed by atoms with Crippen LogP contribution in [0.5, 0.6) is 0 Å². The Morgan fingerprint density at radius 2 is 1.90 bits per heavy atom. The highest BCUT2D eigenvalue weighted by Crippen LogP contribution is 2.48. The first-order valence-electron chi connectivity index (χ1n) is 7.37. The van der Waals surface area contributed by atoms with Gasteiger partial charge in [0.25, 0.3) is 0 Å². The van der Waals surface area contributed by atoms with Gasteiger partial charge in [0, 0.05) is 20.2 Å². The van der Waals surface area contributed by atoms with Gasteiger partial charge in [-0.2, -0.15) is 0 Å². The Bertz CT molecular complexity index is 490. The van der Waals surface area contributed by atoms with Gasteiger partial charge in [-0.25, -0.2) is 0 Å². The highest BCUT2D eigenvalue weighted by atomic mass is 16.6.